The Balaban J connectivity index is 2.70. The third-order valence-corrected chi connectivity index (χ3v) is 3.46. The van der Waals surface area contributed by atoms with Crippen molar-refractivity contribution in [2.45, 2.75) is 0 Å². The van der Waals surface area contributed by atoms with Crippen LogP contribution in [0.2, 0.25) is 0 Å². The maximum atomic E-state index is 11.3. The average molecular weight is 263 g/mol. The molecular weight excluding hydrogens is 258 g/mol. The summed E-state index contributed by atoms with van der Waals surface area (Å²) in [6, 6.07) is 6.51. The second-order valence-electron chi connectivity index (χ2n) is 3.61. The molecule has 0 atom stereocenters. The van der Waals surface area contributed by atoms with Gasteiger partial charge in [-0.3, -0.25) is 10.1 Å². The molecule has 0 unspecified atom stereocenters. The Morgan fingerprint density at radius 3 is 2.61 bits per heavy atom. The van der Waals surface area contributed by atoms with Crippen molar-refractivity contribution in [3.05, 3.63) is 44.1 Å². The lowest BCUT2D eigenvalue weighted by Gasteiger charge is -2.02. The zero-order chi connectivity index (χ0) is 12.9. The van der Waals surface area contributed by atoms with Crippen molar-refractivity contribution in [3.8, 4) is 5.75 Å². The van der Waals surface area contributed by atoms with Crippen molar-refractivity contribution >= 4 is 38.1 Å². The number of fused-ring (bicyclic) bond motifs is 3. The number of hydrogen-bond donors (Lipinski definition) is 1. The molecule has 7 heteroatoms. The topological polar surface area (TPSA) is 93.6 Å². The Bertz CT molecular complexity index is 848. The molecule has 0 radical (unpaired) electrons. The van der Waals surface area contributed by atoms with Gasteiger partial charge in [0.15, 0.2) is 10.3 Å². The first-order valence-corrected chi connectivity index (χ1v) is 5.73. The number of nitro benzene ring substituents is 1. The van der Waals surface area contributed by atoms with Gasteiger partial charge in [0.05, 0.1) is 4.92 Å². The summed E-state index contributed by atoms with van der Waals surface area (Å²) in [5.41, 5.74) is -0.343. The Labute approximate surface area is 103 Å². The van der Waals surface area contributed by atoms with E-state index in [9.17, 15) is 20.0 Å². The number of benzene rings is 2. The van der Waals surface area contributed by atoms with Crippen LogP contribution in [0.25, 0.3) is 21.1 Å². The maximum Gasteiger partial charge on any atom is 0.396 e. The van der Waals surface area contributed by atoms with Crippen LogP contribution in [0.1, 0.15) is 0 Å². The summed E-state index contributed by atoms with van der Waals surface area (Å²) in [6.45, 7) is 0. The molecule has 3 rings (SSSR count). The number of nitrogens with zero attached hydrogens (tertiary/aromatic N) is 1. The minimum absolute atomic E-state index is 0.0567. The van der Waals surface area contributed by atoms with E-state index < -0.39 is 21.3 Å². The van der Waals surface area contributed by atoms with Gasteiger partial charge in [0.1, 0.15) is 0 Å². The summed E-state index contributed by atoms with van der Waals surface area (Å²) in [7, 11) is 0. The summed E-state index contributed by atoms with van der Waals surface area (Å²) in [4.78, 5) is 20.9. The fourth-order valence-corrected chi connectivity index (χ4v) is 2.71. The number of phenols is 1. The molecule has 1 N–H and O–H groups in total. The summed E-state index contributed by atoms with van der Waals surface area (Å²) >= 11 is 0.612. The van der Waals surface area contributed by atoms with E-state index in [0.717, 1.165) is 0 Å². The van der Waals surface area contributed by atoms with Gasteiger partial charge in [0.25, 0.3) is 0 Å². The average Bonchev–Trinajstić information content (AvgIpc) is 2.70. The molecular formula is C11H5NO5S. The molecule has 0 aliphatic carbocycles. The van der Waals surface area contributed by atoms with Crippen LogP contribution in [0.5, 0.6) is 5.75 Å². The summed E-state index contributed by atoms with van der Waals surface area (Å²) in [6.07, 6.45) is 0. The van der Waals surface area contributed by atoms with Crippen LogP contribution in [-0.2, 0) is 0 Å². The van der Waals surface area contributed by atoms with Crippen LogP contribution in [0.3, 0.4) is 0 Å². The number of nitro groups is 1. The van der Waals surface area contributed by atoms with Crippen molar-refractivity contribution in [2.75, 3.05) is 0 Å². The molecule has 0 spiro atoms. The van der Waals surface area contributed by atoms with Crippen molar-refractivity contribution < 1.29 is 14.4 Å². The van der Waals surface area contributed by atoms with Gasteiger partial charge in [-0.15, -0.1) is 0 Å². The molecule has 0 aliphatic rings. The molecule has 0 fully saturated rings. The standard InChI is InChI=1S/C11H5NO5S/c13-8-5-3-1-2-4-6(5)9-10(7(8)12(15)16)18-11(14)17-9/h1-4,13H. The van der Waals surface area contributed by atoms with Crippen LogP contribution in [0, 0.1) is 10.1 Å². The van der Waals surface area contributed by atoms with E-state index in [1.165, 1.54) is 6.07 Å². The molecule has 0 saturated heterocycles. The molecule has 3 aromatic rings. The molecule has 1 heterocycles. The highest BCUT2D eigenvalue weighted by molar-refractivity contribution is 7.16. The van der Waals surface area contributed by atoms with Gasteiger partial charge in [-0.25, -0.2) is 4.79 Å². The van der Waals surface area contributed by atoms with Crippen LogP contribution >= 0.6 is 11.3 Å². The molecule has 0 bridgehead atoms. The Morgan fingerprint density at radius 2 is 1.94 bits per heavy atom. The quantitative estimate of drug-likeness (QED) is 0.538. The van der Waals surface area contributed by atoms with Gasteiger partial charge in [-0.05, 0) is 11.3 Å². The van der Waals surface area contributed by atoms with Gasteiger partial charge in [0, 0.05) is 10.8 Å². The lowest BCUT2D eigenvalue weighted by molar-refractivity contribution is -0.383. The summed E-state index contributed by atoms with van der Waals surface area (Å²) < 4.78 is 5.03. The smallest absolute Gasteiger partial charge is 0.396 e. The van der Waals surface area contributed by atoms with Crippen LogP contribution in [0.15, 0.2) is 33.5 Å². The third-order valence-electron chi connectivity index (χ3n) is 2.63. The predicted molar refractivity (Wildman–Crippen MR) is 66.2 cm³/mol. The van der Waals surface area contributed by atoms with E-state index in [1.54, 1.807) is 18.2 Å². The van der Waals surface area contributed by atoms with E-state index in [0.29, 0.717) is 22.1 Å². The fourth-order valence-electron chi connectivity index (χ4n) is 1.91. The zero-order valence-electron chi connectivity index (χ0n) is 8.75. The first-order valence-electron chi connectivity index (χ1n) is 4.91. The first-order chi connectivity index (χ1) is 8.59. The van der Waals surface area contributed by atoms with E-state index in [4.69, 9.17) is 4.42 Å². The van der Waals surface area contributed by atoms with Gasteiger partial charge in [-0.2, -0.15) is 0 Å². The molecule has 90 valence electrons. The van der Waals surface area contributed by atoms with Crippen molar-refractivity contribution in [1.29, 1.82) is 0 Å². The van der Waals surface area contributed by atoms with Gasteiger partial charge < -0.3 is 9.52 Å². The second-order valence-corrected chi connectivity index (χ2v) is 4.56. The minimum Gasteiger partial charge on any atom is -0.502 e. The highest BCUT2D eigenvalue weighted by atomic mass is 32.1. The van der Waals surface area contributed by atoms with Gasteiger partial charge >= 0.3 is 10.6 Å². The van der Waals surface area contributed by atoms with Crippen molar-refractivity contribution in [2.24, 2.45) is 0 Å². The molecule has 0 saturated carbocycles. The number of hydrogen-bond acceptors (Lipinski definition) is 6. The number of rotatable bonds is 1. The second kappa shape index (κ2) is 3.54. The van der Waals surface area contributed by atoms with Crippen molar-refractivity contribution in [1.82, 2.24) is 0 Å². The van der Waals surface area contributed by atoms with E-state index in [2.05, 4.69) is 0 Å². The lowest BCUT2D eigenvalue weighted by Crippen LogP contribution is -1.90. The Hall–Kier alpha value is -2.41. The summed E-state index contributed by atoms with van der Waals surface area (Å²) in [5, 5.41) is 21.7. The van der Waals surface area contributed by atoms with E-state index in [1.807, 2.05) is 0 Å². The molecule has 6 nitrogen and oxygen atoms in total. The maximum absolute atomic E-state index is 11.3. The first kappa shape index (κ1) is 10.7. The van der Waals surface area contributed by atoms with E-state index in [-0.39, 0.29) is 10.3 Å². The summed E-state index contributed by atoms with van der Waals surface area (Å²) in [5.74, 6) is -0.444. The fraction of sp³-hybridized carbons (Fsp3) is 0. The molecule has 2 aromatic carbocycles. The minimum atomic E-state index is -0.713. The SMILES string of the molecule is O=c1oc2c(s1)c([N+](=O)[O-])c(O)c1ccccc12. The highest BCUT2D eigenvalue weighted by Crippen LogP contribution is 2.43. The molecule has 0 amide bonds. The Kier molecular flexibility index (Phi) is 2.11. The molecule has 0 aliphatic heterocycles. The normalized spacial score (nSPS) is 11.1. The molecule has 18 heavy (non-hydrogen) atoms. The predicted octanol–water partition coefficient (Wildman–Crippen LogP) is 2.62. The van der Waals surface area contributed by atoms with E-state index >= 15 is 0 Å². The monoisotopic (exact) mass is 263 g/mol. The molecule has 1 aromatic heterocycles. The third kappa shape index (κ3) is 1.31. The largest absolute Gasteiger partial charge is 0.502 e. The van der Waals surface area contributed by atoms with Gasteiger partial charge in [0.2, 0.25) is 5.75 Å². The number of aromatic hydroxyl groups is 1. The number of phenolic OH excluding ortho intramolecular Hbond substituents is 1. The highest BCUT2D eigenvalue weighted by Gasteiger charge is 2.26. The van der Waals surface area contributed by atoms with Crippen LogP contribution in [-0.4, -0.2) is 10.0 Å². The van der Waals surface area contributed by atoms with Gasteiger partial charge in [-0.1, -0.05) is 24.3 Å². The lowest BCUT2D eigenvalue weighted by atomic mass is 10.1. The van der Waals surface area contributed by atoms with Crippen LogP contribution in [0.4, 0.5) is 5.69 Å². The Morgan fingerprint density at radius 1 is 1.28 bits per heavy atom. The zero-order valence-corrected chi connectivity index (χ0v) is 9.56. The van der Waals surface area contributed by atoms with Crippen LogP contribution < -0.4 is 4.94 Å². The van der Waals surface area contributed by atoms with Crippen molar-refractivity contribution in [3.63, 3.8) is 0 Å².